The third-order valence-corrected chi connectivity index (χ3v) is 4.01. The molecule has 0 saturated carbocycles. The molecular formula is C19H33N. The minimum atomic E-state index is 0.522. The van der Waals surface area contributed by atoms with Crippen LogP contribution in [0.3, 0.4) is 0 Å². The Bertz CT molecular complexity index is 357. The third kappa shape index (κ3) is 5.28. The first-order valence-corrected chi connectivity index (χ1v) is 8.43. The van der Waals surface area contributed by atoms with Crippen molar-refractivity contribution in [1.82, 2.24) is 5.32 Å². The van der Waals surface area contributed by atoms with Crippen molar-refractivity contribution in [2.75, 3.05) is 6.54 Å². The Kier molecular flexibility index (Phi) is 7.91. The smallest absolute Gasteiger partial charge is 0.0348 e. The SMILES string of the molecule is CCCNC(c1cc(C)cc(C)c1)C(CCC)CCC. The van der Waals surface area contributed by atoms with Crippen LogP contribution in [0.25, 0.3) is 0 Å². The Morgan fingerprint density at radius 1 is 0.850 bits per heavy atom. The molecule has 0 saturated heterocycles. The number of hydrogen-bond acceptors (Lipinski definition) is 1. The van der Waals surface area contributed by atoms with Gasteiger partial charge in [0.2, 0.25) is 0 Å². The predicted octanol–water partition coefficient (Wildman–Crippen LogP) is 5.56. The fourth-order valence-electron chi connectivity index (χ4n) is 3.27. The second-order valence-electron chi connectivity index (χ2n) is 6.19. The Morgan fingerprint density at radius 3 is 1.85 bits per heavy atom. The quantitative estimate of drug-likeness (QED) is 0.622. The van der Waals surface area contributed by atoms with Gasteiger partial charge in [0.25, 0.3) is 0 Å². The molecular weight excluding hydrogens is 242 g/mol. The van der Waals surface area contributed by atoms with E-state index in [1.54, 1.807) is 0 Å². The van der Waals surface area contributed by atoms with Crippen LogP contribution in [0, 0.1) is 19.8 Å². The number of benzene rings is 1. The molecule has 1 nitrogen and oxygen atoms in total. The Balaban J connectivity index is 3.01. The van der Waals surface area contributed by atoms with Gasteiger partial charge >= 0.3 is 0 Å². The minimum absolute atomic E-state index is 0.522. The minimum Gasteiger partial charge on any atom is -0.310 e. The summed E-state index contributed by atoms with van der Waals surface area (Å²) in [4.78, 5) is 0. The zero-order valence-corrected chi connectivity index (χ0v) is 14.1. The molecule has 0 heterocycles. The highest BCUT2D eigenvalue weighted by Gasteiger charge is 2.21. The van der Waals surface area contributed by atoms with Gasteiger partial charge in [-0.3, -0.25) is 0 Å². The first-order chi connectivity index (χ1) is 9.62. The lowest BCUT2D eigenvalue weighted by molar-refractivity contribution is 0.316. The number of hydrogen-bond donors (Lipinski definition) is 1. The van der Waals surface area contributed by atoms with Gasteiger partial charge in [0, 0.05) is 6.04 Å². The van der Waals surface area contributed by atoms with Gasteiger partial charge in [-0.15, -0.1) is 0 Å². The van der Waals surface area contributed by atoms with Crippen LogP contribution in [0.2, 0.25) is 0 Å². The van der Waals surface area contributed by atoms with Crippen LogP contribution < -0.4 is 5.32 Å². The molecule has 1 rings (SSSR count). The molecule has 20 heavy (non-hydrogen) atoms. The summed E-state index contributed by atoms with van der Waals surface area (Å²) in [5.41, 5.74) is 4.26. The lowest BCUT2D eigenvalue weighted by atomic mass is 9.85. The van der Waals surface area contributed by atoms with E-state index in [1.165, 1.54) is 48.8 Å². The second-order valence-corrected chi connectivity index (χ2v) is 6.19. The first kappa shape index (κ1) is 17.2. The van der Waals surface area contributed by atoms with E-state index >= 15 is 0 Å². The van der Waals surface area contributed by atoms with Gasteiger partial charge in [-0.2, -0.15) is 0 Å². The van der Waals surface area contributed by atoms with E-state index in [0.29, 0.717) is 6.04 Å². The summed E-state index contributed by atoms with van der Waals surface area (Å²) in [6.07, 6.45) is 6.40. The van der Waals surface area contributed by atoms with E-state index in [-0.39, 0.29) is 0 Å². The van der Waals surface area contributed by atoms with Crippen molar-refractivity contribution >= 4 is 0 Å². The highest BCUT2D eigenvalue weighted by atomic mass is 14.9. The normalized spacial score (nSPS) is 12.9. The Morgan fingerprint density at radius 2 is 1.40 bits per heavy atom. The topological polar surface area (TPSA) is 12.0 Å². The number of rotatable bonds is 9. The summed E-state index contributed by atoms with van der Waals surface area (Å²) >= 11 is 0. The van der Waals surface area contributed by atoms with Gasteiger partial charge < -0.3 is 5.32 Å². The summed E-state index contributed by atoms with van der Waals surface area (Å²) in [6.45, 7) is 12.4. The molecule has 1 aromatic carbocycles. The fraction of sp³-hybridized carbons (Fsp3) is 0.684. The summed E-state index contributed by atoms with van der Waals surface area (Å²) in [5, 5.41) is 3.81. The molecule has 0 aliphatic carbocycles. The second kappa shape index (κ2) is 9.18. The molecule has 0 aliphatic rings. The van der Waals surface area contributed by atoms with Crippen molar-refractivity contribution < 1.29 is 0 Å². The van der Waals surface area contributed by atoms with Crippen LogP contribution in [0.15, 0.2) is 18.2 Å². The lowest BCUT2D eigenvalue weighted by Crippen LogP contribution is -2.29. The maximum atomic E-state index is 3.81. The van der Waals surface area contributed by atoms with Gasteiger partial charge in [-0.25, -0.2) is 0 Å². The van der Waals surface area contributed by atoms with Crippen molar-refractivity contribution in [3.8, 4) is 0 Å². The first-order valence-electron chi connectivity index (χ1n) is 8.43. The Labute approximate surface area is 126 Å². The molecule has 1 atom stereocenters. The van der Waals surface area contributed by atoms with Gasteiger partial charge in [-0.1, -0.05) is 62.9 Å². The van der Waals surface area contributed by atoms with E-state index < -0.39 is 0 Å². The van der Waals surface area contributed by atoms with Crippen molar-refractivity contribution in [3.63, 3.8) is 0 Å². The molecule has 0 aromatic heterocycles. The van der Waals surface area contributed by atoms with Crippen LogP contribution in [0.4, 0.5) is 0 Å². The number of nitrogens with one attached hydrogen (secondary N) is 1. The number of aryl methyl sites for hydroxylation is 2. The fourth-order valence-corrected chi connectivity index (χ4v) is 3.27. The van der Waals surface area contributed by atoms with Crippen LogP contribution in [0.1, 0.15) is 75.6 Å². The molecule has 114 valence electrons. The molecule has 1 unspecified atom stereocenters. The van der Waals surface area contributed by atoms with E-state index in [2.05, 4.69) is 58.1 Å². The van der Waals surface area contributed by atoms with E-state index in [0.717, 1.165) is 12.5 Å². The van der Waals surface area contributed by atoms with Crippen molar-refractivity contribution in [3.05, 3.63) is 34.9 Å². The predicted molar refractivity (Wildman–Crippen MR) is 90.3 cm³/mol. The molecule has 0 bridgehead atoms. The average Bonchev–Trinajstić information content (AvgIpc) is 2.38. The van der Waals surface area contributed by atoms with Crippen LogP contribution >= 0.6 is 0 Å². The van der Waals surface area contributed by atoms with Crippen LogP contribution in [0.5, 0.6) is 0 Å². The van der Waals surface area contributed by atoms with Crippen molar-refractivity contribution in [2.24, 2.45) is 5.92 Å². The summed E-state index contributed by atoms with van der Waals surface area (Å²) in [7, 11) is 0. The van der Waals surface area contributed by atoms with E-state index in [1.807, 2.05) is 0 Å². The molecule has 0 spiro atoms. The van der Waals surface area contributed by atoms with Gasteiger partial charge in [0.15, 0.2) is 0 Å². The zero-order chi connectivity index (χ0) is 15.0. The molecule has 0 amide bonds. The van der Waals surface area contributed by atoms with E-state index in [9.17, 15) is 0 Å². The molecule has 1 N–H and O–H groups in total. The highest BCUT2D eigenvalue weighted by Crippen LogP contribution is 2.30. The van der Waals surface area contributed by atoms with Gasteiger partial charge in [0.05, 0.1) is 0 Å². The third-order valence-electron chi connectivity index (χ3n) is 4.01. The summed E-state index contributed by atoms with van der Waals surface area (Å²) in [5.74, 6) is 0.762. The van der Waals surface area contributed by atoms with Crippen LogP contribution in [-0.2, 0) is 0 Å². The molecule has 0 fully saturated rings. The molecule has 1 heteroatoms. The summed E-state index contributed by atoms with van der Waals surface area (Å²) < 4.78 is 0. The standard InChI is InChI=1S/C19H33N/c1-6-9-17(10-7-2)19(20-11-8-3)18-13-15(4)12-16(5)14-18/h12-14,17,19-20H,6-11H2,1-5H3. The maximum absolute atomic E-state index is 3.81. The van der Waals surface area contributed by atoms with Crippen LogP contribution in [-0.4, -0.2) is 6.54 Å². The highest BCUT2D eigenvalue weighted by molar-refractivity contribution is 5.31. The van der Waals surface area contributed by atoms with Gasteiger partial charge in [-0.05, 0) is 51.1 Å². The van der Waals surface area contributed by atoms with Crippen molar-refractivity contribution in [1.29, 1.82) is 0 Å². The monoisotopic (exact) mass is 275 g/mol. The molecule has 1 aromatic rings. The molecule has 0 aliphatic heterocycles. The average molecular weight is 275 g/mol. The summed E-state index contributed by atoms with van der Waals surface area (Å²) in [6, 6.07) is 7.54. The zero-order valence-electron chi connectivity index (χ0n) is 14.1. The van der Waals surface area contributed by atoms with Crippen molar-refractivity contribution in [2.45, 2.75) is 72.8 Å². The Hall–Kier alpha value is -0.820. The van der Waals surface area contributed by atoms with Gasteiger partial charge in [0.1, 0.15) is 0 Å². The van der Waals surface area contributed by atoms with E-state index in [4.69, 9.17) is 0 Å². The largest absolute Gasteiger partial charge is 0.310 e. The lowest BCUT2D eigenvalue weighted by Gasteiger charge is -2.29. The molecule has 0 radical (unpaired) electrons. The maximum Gasteiger partial charge on any atom is 0.0348 e.